The van der Waals surface area contributed by atoms with Crippen molar-refractivity contribution in [3.8, 4) is 17.2 Å². The van der Waals surface area contributed by atoms with Crippen molar-refractivity contribution in [2.24, 2.45) is 29.6 Å². The second-order valence-electron chi connectivity index (χ2n) is 20.2. The average molecular weight is 745 g/mol. The molecule has 9 atom stereocenters. The molecule has 1 saturated heterocycles. The van der Waals surface area contributed by atoms with E-state index in [0.29, 0.717) is 18.3 Å². The standard InChI is InChI=1S/C43H76O6Si2/c1-26-19-20-34-30(5)36(48-50(15,16)41(8,9)10)31(6)38(46-34)35-33-24-43(25-44,29(4)23-28(3)22-27(2)21-26)47-37(33)32(7)39(45-14)40(35)49-51(17,18)42(11,12)13/h21,26,28-31,34,36,38,44H,19-20,22-25H2,1-18H3/b27-21+/t26-,28+,29-,30-,31+,34+,36-,38+,43?/m0/s1. The van der Waals surface area contributed by atoms with Gasteiger partial charge in [-0.15, -0.1) is 0 Å². The third-order valence-electron chi connectivity index (χ3n) is 13.9. The fourth-order valence-electron chi connectivity index (χ4n) is 8.52. The fourth-order valence-corrected chi connectivity index (χ4v) is 11.0. The molecule has 0 amide bonds. The van der Waals surface area contributed by atoms with Gasteiger partial charge in [-0.2, -0.15) is 0 Å². The van der Waals surface area contributed by atoms with Crippen LogP contribution in [-0.4, -0.2) is 53.3 Å². The van der Waals surface area contributed by atoms with Crippen LogP contribution in [0.3, 0.4) is 0 Å². The Kier molecular flexibility index (Phi) is 12.5. The van der Waals surface area contributed by atoms with Crippen molar-refractivity contribution >= 4 is 16.6 Å². The Bertz CT molecular complexity index is 1420. The Hall–Kier alpha value is -1.33. The quantitative estimate of drug-likeness (QED) is 0.231. The lowest BCUT2D eigenvalue weighted by molar-refractivity contribution is -0.165. The highest BCUT2D eigenvalue weighted by Crippen LogP contribution is 2.58. The van der Waals surface area contributed by atoms with Gasteiger partial charge in [0.05, 0.1) is 32.0 Å². The lowest BCUT2D eigenvalue weighted by Crippen LogP contribution is -2.53. The number of aliphatic hydroxyl groups excluding tert-OH is 1. The van der Waals surface area contributed by atoms with Crippen LogP contribution in [0.2, 0.25) is 36.3 Å². The monoisotopic (exact) mass is 745 g/mol. The second kappa shape index (κ2) is 15.1. The van der Waals surface area contributed by atoms with Crippen molar-refractivity contribution in [1.29, 1.82) is 0 Å². The van der Waals surface area contributed by atoms with Gasteiger partial charge in [-0.25, -0.2) is 0 Å². The lowest BCUT2D eigenvalue weighted by atomic mass is 9.75. The van der Waals surface area contributed by atoms with E-state index in [4.69, 9.17) is 23.1 Å². The zero-order valence-corrected chi connectivity index (χ0v) is 37.9. The zero-order valence-electron chi connectivity index (χ0n) is 35.9. The van der Waals surface area contributed by atoms with Crippen LogP contribution in [0.5, 0.6) is 17.2 Å². The van der Waals surface area contributed by atoms with Crippen LogP contribution in [0.1, 0.15) is 132 Å². The van der Waals surface area contributed by atoms with Gasteiger partial charge in [0.1, 0.15) is 11.4 Å². The van der Waals surface area contributed by atoms with Gasteiger partial charge < -0.3 is 28.2 Å². The van der Waals surface area contributed by atoms with Crippen molar-refractivity contribution in [3.63, 3.8) is 0 Å². The van der Waals surface area contributed by atoms with E-state index in [0.717, 1.165) is 59.6 Å². The summed E-state index contributed by atoms with van der Waals surface area (Å²) >= 11 is 0. The molecule has 3 aliphatic heterocycles. The maximum absolute atomic E-state index is 11.3. The molecule has 51 heavy (non-hydrogen) atoms. The molecule has 0 saturated carbocycles. The average Bonchev–Trinajstić information content (AvgIpc) is 3.39. The molecule has 3 heterocycles. The van der Waals surface area contributed by atoms with Crippen LogP contribution in [0.4, 0.5) is 0 Å². The Morgan fingerprint density at radius 3 is 2.04 bits per heavy atom. The highest BCUT2D eigenvalue weighted by Gasteiger charge is 2.53. The van der Waals surface area contributed by atoms with Crippen LogP contribution in [-0.2, 0) is 15.6 Å². The number of hydrogen-bond acceptors (Lipinski definition) is 6. The number of fused-ring (bicyclic) bond motifs is 4. The highest BCUT2D eigenvalue weighted by molar-refractivity contribution is 6.75. The van der Waals surface area contributed by atoms with Crippen LogP contribution in [0.15, 0.2) is 11.6 Å². The SMILES string of the molecule is COc1c(C)c2c3c(c1O[Si](C)(C)C(C)(C)C)[C@@H]1O[C@H](CC[C@H](C)/C=C(\C)C[C@@H](C)C[C@H](C)C(CO)(C3)O2)[C@H](C)[C@H](O[Si](C)(C)C(C)(C)C)[C@H]1C. The predicted molar refractivity (Wildman–Crippen MR) is 217 cm³/mol. The second-order valence-corrected chi connectivity index (χ2v) is 29.7. The van der Waals surface area contributed by atoms with Gasteiger partial charge in [-0.3, -0.25) is 0 Å². The molecule has 0 spiro atoms. The van der Waals surface area contributed by atoms with E-state index in [1.54, 1.807) is 7.11 Å². The van der Waals surface area contributed by atoms with E-state index >= 15 is 0 Å². The van der Waals surface area contributed by atoms with Gasteiger partial charge in [-0.1, -0.05) is 87.8 Å². The summed E-state index contributed by atoms with van der Waals surface area (Å²) in [6.45, 7) is 39.2. The fraction of sp³-hybridized carbons (Fsp3) is 0.814. The molecule has 4 rings (SSSR count). The first-order valence-electron chi connectivity index (χ1n) is 20.0. The molecule has 6 nitrogen and oxygen atoms in total. The van der Waals surface area contributed by atoms with E-state index in [1.807, 2.05) is 0 Å². The molecule has 1 N–H and O–H groups in total. The summed E-state index contributed by atoms with van der Waals surface area (Å²) < 4.78 is 35.8. The smallest absolute Gasteiger partial charge is 0.250 e. The first-order chi connectivity index (χ1) is 23.3. The summed E-state index contributed by atoms with van der Waals surface area (Å²) in [7, 11) is -2.75. The van der Waals surface area contributed by atoms with Gasteiger partial charge in [0.15, 0.2) is 19.8 Å². The first-order valence-corrected chi connectivity index (χ1v) is 25.8. The number of ether oxygens (including phenoxy) is 3. The molecule has 0 radical (unpaired) electrons. The van der Waals surface area contributed by atoms with Gasteiger partial charge in [0.25, 0.3) is 8.32 Å². The molecule has 1 aromatic carbocycles. The topological polar surface area (TPSA) is 66.4 Å². The predicted octanol–water partition coefficient (Wildman–Crippen LogP) is 11.6. The Labute approximate surface area is 315 Å². The molecule has 4 bridgehead atoms. The van der Waals surface area contributed by atoms with Crippen molar-refractivity contribution in [2.75, 3.05) is 13.7 Å². The van der Waals surface area contributed by atoms with E-state index < -0.39 is 22.2 Å². The van der Waals surface area contributed by atoms with Crippen LogP contribution in [0, 0.1) is 36.5 Å². The Morgan fingerprint density at radius 2 is 1.49 bits per heavy atom. The largest absolute Gasteiger partial charge is 0.541 e. The van der Waals surface area contributed by atoms with Crippen LogP contribution in [0.25, 0.3) is 0 Å². The van der Waals surface area contributed by atoms with Gasteiger partial charge >= 0.3 is 0 Å². The van der Waals surface area contributed by atoms with E-state index in [9.17, 15) is 5.11 Å². The minimum absolute atomic E-state index is 0.00877. The van der Waals surface area contributed by atoms with Gasteiger partial charge in [0, 0.05) is 34.9 Å². The van der Waals surface area contributed by atoms with Crippen LogP contribution < -0.4 is 13.9 Å². The van der Waals surface area contributed by atoms with Crippen molar-refractivity contribution in [1.82, 2.24) is 0 Å². The summed E-state index contributed by atoms with van der Waals surface area (Å²) in [6, 6.07) is 0. The summed E-state index contributed by atoms with van der Waals surface area (Å²) in [5, 5.41) is 11.3. The Morgan fingerprint density at radius 1 is 0.882 bits per heavy atom. The van der Waals surface area contributed by atoms with Crippen molar-refractivity contribution in [2.45, 2.75) is 182 Å². The number of methoxy groups -OCH3 is 1. The Balaban J connectivity index is 2.05. The molecule has 1 unspecified atom stereocenters. The van der Waals surface area contributed by atoms with Crippen LogP contribution >= 0.6 is 0 Å². The summed E-state index contributed by atoms with van der Waals surface area (Å²) in [5.74, 6) is 3.67. The molecule has 1 aromatic rings. The molecule has 1 fully saturated rings. The number of rotatable bonds is 6. The minimum Gasteiger partial charge on any atom is -0.541 e. The number of hydrogen-bond donors (Lipinski definition) is 1. The summed E-state index contributed by atoms with van der Waals surface area (Å²) in [4.78, 5) is 0. The molecule has 292 valence electrons. The van der Waals surface area contributed by atoms with Gasteiger partial charge in [0.2, 0.25) is 0 Å². The number of aliphatic hydroxyl groups is 1. The molecule has 0 aliphatic carbocycles. The highest BCUT2D eigenvalue weighted by atomic mass is 28.4. The van der Waals surface area contributed by atoms with E-state index in [1.165, 1.54) is 5.57 Å². The van der Waals surface area contributed by atoms with Gasteiger partial charge in [-0.05, 0) is 93.5 Å². The van der Waals surface area contributed by atoms with Crippen molar-refractivity contribution in [3.05, 3.63) is 28.3 Å². The maximum Gasteiger partial charge on any atom is 0.250 e. The zero-order chi connectivity index (χ0) is 38.6. The number of allylic oxidation sites excluding steroid dienone is 2. The summed E-state index contributed by atoms with van der Waals surface area (Å²) in [6.07, 6.45) is 6.84. The normalized spacial score (nSPS) is 33.7. The molecule has 0 aromatic heterocycles. The third-order valence-corrected chi connectivity index (χ3v) is 22.7. The molecule has 8 heteroatoms. The maximum atomic E-state index is 11.3. The lowest BCUT2D eigenvalue weighted by Gasteiger charge is -2.50. The molecular weight excluding hydrogens is 669 g/mol. The third kappa shape index (κ3) is 8.35. The van der Waals surface area contributed by atoms with E-state index in [-0.39, 0.29) is 52.7 Å². The number of benzene rings is 1. The first kappa shape index (κ1) is 42.4. The molecular formula is C43H76O6Si2. The van der Waals surface area contributed by atoms with E-state index in [2.05, 4.69) is 122 Å². The van der Waals surface area contributed by atoms with Crippen molar-refractivity contribution < 1.29 is 28.2 Å². The minimum atomic E-state index is -2.35. The summed E-state index contributed by atoms with van der Waals surface area (Å²) in [5.41, 5.74) is 3.80. The molecule has 3 aliphatic rings.